The number of fused-ring (bicyclic) bond motifs is 1. The molecule has 2 aromatic rings. The lowest BCUT2D eigenvalue weighted by molar-refractivity contribution is -0.123. The Bertz CT molecular complexity index is 785. The van der Waals surface area contributed by atoms with E-state index < -0.39 is 0 Å². The van der Waals surface area contributed by atoms with Gasteiger partial charge in [-0.3, -0.25) is 9.69 Å². The largest absolute Gasteiger partial charge is 0.352 e. The fourth-order valence-electron chi connectivity index (χ4n) is 4.75. The normalized spacial score (nSPS) is 20.8. The van der Waals surface area contributed by atoms with Gasteiger partial charge in [0, 0.05) is 43.0 Å². The van der Waals surface area contributed by atoms with Crippen molar-refractivity contribution in [1.82, 2.24) is 25.1 Å². The number of H-pyrrole nitrogens is 1. The highest BCUT2D eigenvalue weighted by atomic mass is 16.2. The van der Waals surface area contributed by atoms with E-state index in [0.717, 1.165) is 57.5 Å². The molecule has 2 saturated heterocycles. The van der Waals surface area contributed by atoms with Crippen LogP contribution in [0.2, 0.25) is 0 Å². The van der Waals surface area contributed by atoms with Crippen LogP contribution < -0.4 is 5.32 Å². The summed E-state index contributed by atoms with van der Waals surface area (Å²) in [5.41, 5.74) is 2.35. The highest BCUT2D eigenvalue weighted by Crippen LogP contribution is 2.32. The lowest BCUT2D eigenvalue weighted by atomic mass is 9.89. The number of aromatic amines is 1. The molecule has 0 radical (unpaired) electrons. The summed E-state index contributed by atoms with van der Waals surface area (Å²) in [6, 6.07) is 5.10. The first-order valence-electron chi connectivity index (χ1n) is 10.8. The smallest absolute Gasteiger partial charge is 0.234 e. The standard InChI is InChI=1S/C22H33N5O/c1-16(2)27-12-7-18(8-13-27)25-21(28)15-26-10-5-17(6-11-26)20-14-24-22-19(20)4-3-9-23-22/h3-4,9,14,16-18H,5-8,10-13,15H2,1-2H3,(H,23,24)(H,25,28). The molecule has 2 N–H and O–H groups in total. The molecule has 2 aliphatic heterocycles. The van der Waals surface area contributed by atoms with Gasteiger partial charge in [0.1, 0.15) is 5.65 Å². The molecular weight excluding hydrogens is 350 g/mol. The number of rotatable bonds is 5. The van der Waals surface area contributed by atoms with Gasteiger partial charge >= 0.3 is 0 Å². The minimum atomic E-state index is 0.192. The highest BCUT2D eigenvalue weighted by Gasteiger charge is 2.26. The fourth-order valence-corrected chi connectivity index (χ4v) is 4.75. The Morgan fingerprint density at radius 2 is 1.96 bits per heavy atom. The van der Waals surface area contributed by atoms with E-state index in [1.54, 1.807) is 0 Å². The fraction of sp³-hybridized carbons (Fsp3) is 0.636. The number of piperidine rings is 2. The zero-order valence-electron chi connectivity index (χ0n) is 17.2. The Morgan fingerprint density at radius 3 is 2.68 bits per heavy atom. The van der Waals surface area contributed by atoms with Crippen molar-refractivity contribution in [2.75, 3.05) is 32.7 Å². The third kappa shape index (κ3) is 4.39. The van der Waals surface area contributed by atoms with Crippen LogP contribution in [-0.2, 0) is 4.79 Å². The molecule has 0 atom stereocenters. The molecule has 4 heterocycles. The van der Waals surface area contributed by atoms with Crippen molar-refractivity contribution in [1.29, 1.82) is 0 Å². The van der Waals surface area contributed by atoms with Crippen LogP contribution in [0.4, 0.5) is 0 Å². The summed E-state index contributed by atoms with van der Waals surface area (Å²) in [7, 11) is 0. The van der Waals surface area contributed by atoms with Crippen molar-refractivity contribution >= 4 is 16.9 Å². The molecule has 2 fully saturated rings. The van der Waals surface area contributed by atoms with E-state index in [2.05, 4.69) is 51.2 Å². The first-order valence-corrected chi connectivity index (χ1v) is 10.8. The Kier molecular flexibility index (Phi) is 5.97. The van der Waals surface area contributed by atoms with Crippen LogP contribution in [0.5, 0.6) is 0 Å². The van der Waals surface area contributed by atoms with E-state index in [-0.39, 0.29) is 5.91 Å². The monoisotopic (exact) mass is 383 g/mol. The van der Waals surface area contributed by atoms with Gasteiger partial charge in [-0.25, -0.2) is 4.98 Å². The van der Waals surface area contributed by atoms with Crippen LogP contribution in [0.25, 0.3) is 11.0 Å². The zero-order valence-corrected chi connectivity index (χ0v) is 17.2. The Labute approximate surface area is 167 Å². The van der Waals surface area contributed by atoms with Crippen molar-refractivity contribution < 1.29 is 4.79 Å². The van der Waals surface area contributed by atoms with Crippen LogP contribution >= 0.6 is 0 Å². The maximum atomic E-state index is 12.5. The molecule has 2 aromatic heterocycles. The second-order valence-electron chi connectivity index (χ2n) is 8.67. The van der Waals surface area contributed by atoms with Crippen molar-refractivity contribution in [2.45, 2.75) is 57.5 Å². The van der Waals surface area contributed by atoms with Gasteiger partial charge in [-0.1, -0.05) is 0 Å². The number of nitrogens with one attached hydrogen (secondary N) is 2. The maximum absolute atomic E-state index is 12.5. The van der Waals surface area contributed by atoms with Gasteiger partial charge in [-0.15, -0.1) is 0 Å². The van der Waals surface area contributed by atoms with Crippen LogP contribution in [0.1, 0.15) is 51.0 Å². The first-order chi connectivity index (χ1) is 13.6. The predicted molar refractivity (Wildman–Crippen MR) is 112 cm³/mol. The predicted octanol–water partition coefficient (Wildman–Crippen LogP) is 2.73. The molecule has 2 aliphatic rings. The van der Waals surface area contributed by atoms with Gasteiger partial charge in [0.05, 0.1) is 6.54 Å². The molecule has 1 amide bonds. The molecule has 0 aliphatic carbocycles. The number of hydrogen-bond donors (Lipinski definition) is 2. The van der Waals surface area contributed by atoms with Gasteiger partial charge in [-0.05, 0) is 76.2 Å². The van der Waals surface area contributed by atoms with Crippen LogP contribution in [0.15, 0.2) is 24.5 Å². The van der Waals surface area contributed by atoms with Gasteiger partial charge in [0.25, 0.3) is 0 Å². The van der Waals surface area contributed by atoms with Gasteiger partial charge in [0.2, 0.25) is 5.91 Å². The molecule has 0 unspecified atom stereocenters. The van der Waals surface area contributed by atoms with Crippen LogP contribution in [0, 0.1) is 0 Å². The molecule has 152 valence electrons. The highest BCUT2D eigenvalue weighted by molar-refractivity contribution is 5.80. The molecule has 4 rings (SSSR count). The topological polar surface area (TPSA) is 64.3 Å². The Balaban J connectivity index is 1.23. The van der Waals surface area contributed by atoms with Crippen LogP contribution in [0.3, 0.4) is 0 Å². The number of nitrogens with zero attached hydrogens (tertiary/aromatic N) is 3. The lowest BCUT2D eigenvalue weighted by Crippen LogP contribution is -2.49. The number of carbonyl (C=O) groups is 1. The molecular formula is C22H33N5O. The molecule has 28 heavy (non-hydrogen) atoms. The van der Waals surface area contributed by atoms with Crippen molar-refractivity contribution in [2.24, 2.45) is 0 Å². The molecule has 0 aromatic carbocycles. The molecule has 0 spiro atoms. The number of amides is 1. The van der Waals surface area contributed by atoms with Gasteiger partial charge in [0.15, 0.2) is 0 Å². The summed E-state index contributed by atoms with van der Waals surface area (Å²) < 4.78 is 0. The third-order valence-corrected chi connectivity index (χ3v) is 6.50. The summed E-state index contributed by atoms with van der Waals surface area (Å²) in [5.74, 6) is 0.746. The summed E-state index contributed by atoms with van der Waals surface area (Å²) in [5, 5.41) is 4.51. The Morgan fingerprint density at radius 1 is 1.21 bits per heavy atom. The average molecular weight is 384 g/mol. The number of hydrogen-bond acceptors (Lipinski definition) is 4. The number of carbonyl (C=O) groups excluding carboxylic acids is 1. The van der Waals surface area contributed by atoms with E-state index in [9.17, 15) is 4.79 Å². The number of aromatic nitrogens is 2. The number of likely N-dealkylation sites (tertiary alicyclic amines) is 2. The average Bonchev–Trinajstić information content (AvgIpc) is 3.13. The lowest BCUT2D eigenvalue weighted by Gasteiger charge is -2.35. The minimum absolute atomic E-state index is 0.192. The van der Waals surface area contributed by atoms with E-state index in [4.69, 9.17) is 0 Å². The van der Waals surface area contributed by atoms with E-state index in [0.29, 0.717) is 24.5 Å². The minimum Gasteiger partial charge on any atom is -0.352 e. The van der Waals surface area contributed by atoms with Crippen molar-refractivity contribution in [3.8, 4) is 0 Å². The Hall–Kier alpha value is -1.92. The summed E-state index contributed by atoms with van der Waals surface area (Å²) in [4.78, 5) is 25.0. The SMILES string of the molecule is CC(C)N1CCC(NC(=O)CN2CCC(c3c[nH]c4ncccc34)CC2)CC1. The molecule has 6 nitrogen and oxygen atoms in total. The van der Waals surface area contributed by atoms with Crippen molar-refractivity contribution in [3.63, 3.8) is 0 Å². The molecule has 0 saturated carbocycles. The van der Waals surface area contributed by atoms with E-state index >= 15 is 0 Å². The quantitative estimate of drug-likeness (QED) is 0.833. The second-order valence-corrected chi connectivity index (χ2v) is 8.67. The van der Waals surface area contributed by atoms with Gasteiger partial charge in [-0.2, -0.15) is 0 Å². The van der Waals surface area contributed by atoms with E-state index in [1.165, 1.54) is 10.9 Å². The molecule has 6 heteroatoms. The van der Waals surface area contributed by atoms with Crippen LogP contribution in [-0.4, -0.2) is 70.5 Å². The zero-order chi connectivity index (χ0) is 19.5. The summed E-state index contributed by atoms with van der Waals surface area (Å²) >= 11 is 0. The maximum Gasteiger partial charge on any atom is 0.234 e. The van der Waals surface area contributed by atoms with E-state index in [1.807, 2.05) is 12.3 Å². The summed E-state index contributed by atoms with van der Waals surface area (Å²) in [6.07, 6.45) is 8.29. The van der Waals surface area contributed by atoms with Crippen molar-refractivity contribution in [3.05, 3.63) is 30.1 Å². The number of pyridine rings is 1. The third-order valence-electron chi connectivity index (χ3n) is 6.50. The molecule has 0 bridgehead atoms. The second kappa shape index (κ2) is 8.62. The van der Waals surface area contributed by atoms with Gasteiger partial charge < -0.3 is 15.2 Å². The summed E-state index contributed by atoms with van der Waals surface area (Å²) in [6.45, 7) is 9.17. The first kappa shape index (κ1) is 19.4.